The Bertz CT molecular complexity index is 539. The Labute approximate surface area is 114 Å². The van der Waals surface area contributed by atoms with Crippen LogP contribution in [0, 0.1) is 6.92 Å². The number of nitrogens with one attached hydrogen (secondary N) is 1. The fraction of sp³-hybridized carbons (Fsp3) is 0.333. The Kier molecular flexibility index (Phi) is 4.47. The minimum atomic E-state index is 0.163. The molecule has 0 radical (unpaired) electrons. The molecule has 19 heavy (non-hydrogen) atoms. The first-order valence-electron chi connectivity index (χ1n) is 6.57. The largest absolute Gasteiger partial charge is 0.383 e. The topological polar surface area (TPSA) is 63.8 Å². The molecule has 0 aliphatic rings. The molecule has 0 saturated carbocycles. The lowest BCUT2D eigenvalue weighted by Crippen LogP contribution is -2.24. The van der Waals surface area contributed by atoms with E-state index >= 15 is 0 Å². The summed E-state index contributed by atoms with van der Waals surface area (Å²) in [5.74, 6) is 0.595. The van der Waals surface area contributed by atoms with Gasteiger partial charge in [-0.25, -0.2) is 4.98 Å². The fourth-order valence-corrected chi connectivity index (χ4v) is 2.13. The number of nitrogens with two attached hydrogens (primary N) is 1. The minimum absolute atomic E-state index is 0.163. The lowest BCUT2D eigenvalue weighted by atomic mass is 10.0. The van der Waals surface area contributed by atoms with Crippen LogP contribution in [0.4, 0.5) is 5.82 Å². The predicted molar refractivity (Wildman–Crippen MR) is 77.7 cm³/mol. The van der Waals surface area contributed by atoms with Crippen LogP contribution in [0.3, 0.4) is 0 Å². The number of aryl methyl sites for hydroxylation is 1. The number of hydrogen-bond acceptors (Lipinski definition) is 4. The number of anilines is 1. The molecule has 2 heterocycles. The number of nitrogen functional groups attached to an aromatic ring is 1. The average molecular weight is 256 g/mol. The summed E-state index contributed by atoms with van der Waals surface area (Å²) in [6, 6.07) is 10.2. The van der Waals surface area contributed by atoms with Crippen molar-refractivity contribution in [3.05, 3.63) is 53.5 Å². The van der Waals surface area contributed by atoms with Gasteiger partial charge >= 0.3 is 0 Å². The smallest absolute Gasteiger partial charge is 0.126 e. The van der Waals surface area contributed by atoms with Gasteiger partial charge in [0, 0.05) is 11.9 Å². The Morgan fingerprint density at radius 2 is 2.11 bits per heavy atom. The van der Waals surface area contributed by atoms with Crippen LogP contribution in [0.2, 0.25) is 0 Å². The summed E-state index contributed by atoms with van der Waals surface area (Å²) in [5.41, 5.74) is 9.04. The van der Waals surface area contributed by atoms with Crippen LogP contribution in [0.1, 0.15) is 29.9 Å². The molecule has 0 amide bonds. The highest BCUT2D eigenvalue weighted by atomic mass is 14.9. The summed E-state index contributed by atoms with van der Waals surface area (Å²) in [5, 5.41) is 3.46. The average Bonchev–Trinajstić information content (AvgIpc) is 2.40. The molecule has 0 saturated heterocycles. The molecule has 100 valence electrons. The zero-order valence-electron chi connectivity index (χ0n) is 11.4. The maximum absolute atomic E-state index is 5.91. The molecular weight excluding hydrogens is 236 g/mol. The fourth-order valence-electron chi connectivity index (χ4n) is 2.13. The van der Waals surface area contributed by atoms with Gasteiger partial charge in [-0.3, -0.25) is 4.98 Å². The standard InChI is InChI=1S/C15H20N4/c1-3-17-14(13-8-4-6-11(2)19-13)10-12-7-5-9-18-15(12)16/h4-9,14,17H,3,10H2,1-2H3,(H2,16,18). The third-order valence-corrected chi connectivity index (χ3v) is 3.07. The molecule has 1 unspecified atom stereocenters. The van der Waals surface area contributed by atoms with E-state index in [9.17, 15) is 0 Å². The molecule has 3 N–H and O–H groups in total. The molecule has 0 aliphatic heterocycles. The summed E-state index contributed by atoms with van der Waals surface area (Å²) in [4.78, 5) is 8.73. The van der Waals surface area contributed by atoms with Crippen molar-refractivity contribution in [2.45, 2.75) is 26.3 Å². The second kappa shape index (κ2) is 6.29. The van der Waals surface area contributed by atoms with Crippen LogP contribution in [-0.4, -0.2) is 16.5 Å². The van der Waals surface area contributed by atoms with Crippen LogP contribution in [0.5, 0.6) is 0 Å². The predicted octanol–water partition coefficient (Wildman–Crippen LogP) is 2.26. The van der Waals surface area contributed by atoms with E-state index < -0.39 is 0 Å². The van der Waals surface area contributed by atoms with E-state index in [-0.39, 0.29) is 6.04 Å². The number of rotatable bonds is 5. The first-order valence-corrected chi connectivity index (χ1v) is 6.57. The van der Waals surface area contributed by atoms with Gasteiger partial charge in [0.25, 0.3) is 0 Å². The van der Waals surface area contributed by atoms with Crippen molar-refractivity contribution >= 4 is 5.82 Å². The van der Waals surface area contributed by atoms with Crippen molar-refractivity contribution in [1.82, 2.24) is 15.3 Å². The molecule has 1 atom stereocenters. The van der Waals surface area contributed by atoms with Crippen LogP contribution in [0.15, 0.2) is 36.5 Å². The van der Waals surface area contributed by atoms with Crippen molar-refractivity contribution < 1.29 is 0 Å². The number of likely N-dealkylation sites (N-methyl/N-ethyl adjacent to an activating group) is 1. The van der Waals surface area contributed by atoms with Gasteiger partial charge in [-0.05, 0) is 43.7 Å². The summed E-state index contributed by atoms with van der Waals surface area (Å²) >= 11 is 0. The van der Waals surface area contributed by atoms with E-state index in [2.05, 4.69) is 22.2 Å². The molecule has 0 aromatic carbocycles. The quantitative estimate of drug-likeness (QED) is 0.861. The normalized spacial score (nSPS) is 12.3. The van der Waals surface area contributed by atoms with E-state index in [0.29, 0.717) is 5.82 Å². The lowest BCUT2D eigenvalue weighted by Gasteiger charge is -2.18. The van der Waals surface area contributed by atoms with Crippen molar-refractivity contribution in [3.63, 3.8) is 0 Å². The Hall–Kier alpha value is -1.94. The molecule has 2 aromatic heterocycles. The van der Waals surface area contributed by atoms with Crippen LogP contribution in [-0.2, 0) is 6.42 Å². The molecule has 0 aliphatic carbocycles. The molecule has 0 spiro atoms. The molecule has 0 bridgehead atoms. The summed E-state index contributed by atoms with van der Waals surface area (Å²) in [6.07, 6.45) is 2.51. The van der Waals surface area contributed by atoms with Crippen LogP contribution in [0.25, 0.3) is 0 Å². The first kappa shape index (κ1) is 13.5. The Morgan fingerprint density at radius 3 is 2.79 bits per heavy atom. The number of aromatic nitrogens is 2. The highest BCUT2D eigenvalue weighted by Crippen LogP contribution is 2.19. The van der Waals surface area contributed by atoms with Gasteiger partial charge in [-0.1, -0.05) is 19.1 Å². The minimum Gasteiger partial charge on any atom is -0.383 e. The van der Waals surface area contributed by atoms with Crippen LogP contribution < -0.4 is 11.1 Å². The van der Waals surface area contributed by atoms with E-state index in [1.807, 2.05) is 37.3 Å². The van der Waals surface area contributed by atoms with E-state index in [1.165, 1.54) is 0 Å². The zero-order chi connectivity index (χ0) is 13.7. The highest BCUT2D eigenvalue weighted by Gasteiger charge is 2.14. The molecular formula is C15H20N4. The van der Waals surface area contributed by atoms with Crippen LogP contribution >= 0.6 is 0 Å². The van der Waals surface area contributed by atoms with Crippen molar-refractivity contribution in [3.8, 4) is 0 Å². The van der Waals surface area contributed by atoms with Gasteiger partial charge < -0.3 is 11.1 Å². The molecule has 0 fully saturated rings. The molecule has 4 nitrogen and oxygen atoms in total. The van der Waals surface area contributed by atoms with Gasteiger partial charge in [0.1, 0.15) is 5.82 Å². The zero-order valence-corrected chi connectivity index (χ0v) is 11.4. The third kappa shape index (κ3) is 3.51. The maximum atomic E-state index is 5.91. The van der Waals surface area contributed by atoms with E-state index in [1.54, 1.807) is 6.20 Å². The van der Waals surface area contributed by atoms with Gasteiger partial charge in [-0.15, -0.1) is 0 Å². The van der Waals surface area contributed by atoms with E-state index in [0.717, 1.165) is 29.9 Å². The third-order valence-electron chi connectivity index (χ3n) is 3.07. The monoisotopic (exact) mass is 256 g/mol. The highest BCUT2D eigenvalue weighted by molar-refractivity contribution is 5.39. The van der Waals surface area contributed by atoms with Gasteiger partial charge in [0.05, 0.1) is 11.7 Å². The van der Waals surface area contributed by atoms with Gasteiger partial charge in [0.15, 0.2) is 0 Å². The number of hydrogen-bond donors (Lipinski definition) is 2. The Morgan fingerprint density at radius 1 is 1.26 bits per heavy atom. The summed E-state index contributed by atoms with van der Waals surface area (Å²) in [7, 11) is 0. The van der Waals surface area contributed by atoms with E-state index in [4.69, 9.17) is 5.73 Å². The SMILES string of the molecule is CCNC(Cc1cccnc1N)c1cccc(C)n1. The second-order valence-electron chi connectivity index (χ2n) is 4.57. The van der Waals surface area contributed by atoms with Gasteiger partial charge in [0.2, 0.25) is 0 Å². The van der Waals surface area contributed by atoms with Gasteiger partial charge in [-0.2, -0.15) is 0 Å². The van der Waals surface area contributed by atoms with Crippen molar-refractivity contribution in [2.24, 2.45) is 0 Å². The molecule has 2 aromatic rings. The van der Waals surface area contributed by atoms with Crippen molar-refractivity contribution in [1.29, 1.82) is 0 Å². The molecule has 4 heteroatoms. The number of pyridine rings is 2. The maximum Gasteiger partial charge on any atom is 0.126 e. The summed E-state index contributed by atoms with van der Waals surface area (Å²) < 4.78 is 0. The van der Waals surface area contributed by atoms with Crippen molar-refractivity contribution in [2.75, 3.05) is 12.3 Å². The Balaban J connectivity index is 2.24. The molecule has 2 rings (SSSR count). The first-order chi connectivity index (χ1) is 9.20. The lowest BCUT2D eigenvalue weighted by molar-refractivity contribution is 0.536. The number of nitrogens with zero attached hydrogens (tertiary/aromatic N) is 2. The second-order valence-corrected chi connectivity index (χ2v) is 4.57. The summed E-state index contributed by atoms with van der Waals surface area (Å²) in [6.45, 7) is 4.99.